The molecule has 0 aliphatic heterocycles. The van der Waals surface area contributed by atoms with E-state index in [1.54, 1.807) is 7.11 Å². The van der Waals surface area contributed by atoms with Gasteiger partial charge in [0.05, 0.1) is 13.7 Å². The summed E-state index contributed by atoms with van der Waals surface area (Å²) < 4.78 is 11.1. The summed E-state index contributed by atoms with van der Waals surface area (Å²) in [5.41, 5.74) is 0.278. The number of methoxy groups -OCH3 is 1. The summed E-state index contributed by atoms with van der Waals surface area (Å²) in [5, 5.41) is 3.56. The van der Waals surface area contributed by atoms with Crippen molar-refractivity contribution in [1.82, 2.24) is 5.32 Å². The van der Waals surface area contributed by atoms with Crippen molar-refractivity contribution in [3.63, 3.8) is 0 Å². The van der Waals surface area contributed by atoms with Gasteiger partial charge in [-0.15, -0.1) is 0 Å². The molecule has 0 aliphatic carbocycles. The second-order valence-corrected chi connectivity index (χ2v) is 6.12. The molecule has 1 aromatic rings. The molecule has 0 radical (unpaired) electrons. The number of benzene rings is 1. The van der Waals surface area contributed by atoms with Crippen molar-refractivity contribution in [3.8, 4) is 11.5 Å². The molecule has 1 N–H and O–H groups in total. The molecule has 0 saturated carbocycles. The van der Waals surface area contributed by atoms with Gasteiger partial charge in [0.15, 0.2) is 11.5 Å². The van der Waals surface area contributed by atoms with Crippen molar-refractivity contribution in [3.05, 3.63) is 24.3 Å². The Labute approximate surface area is 123 Å². The summed E-state index contributed by atoms with van der Waals surface area (Å²) in [6, 6.07) is 8.31. The molecule has 0 amide bonds. The Morgan fingerprint density at radius 2 is 1.80 bits per heavy atom. The molecule has 0 heterocycles. The lowest BCUT2D eigenvalue weighted by Gasteiger charge is -2.31. The van der Waals surface area contributed by atoms with Crippen LogP contribution in [0.3, 0.4) is 0 Å². The SMILES string of the molecule is CCNC(CCCOc1ccccc1OC)C(C)(C)C. The molecule has 0 spiro atoms. The summed E-state index contributed by atoms with van der Waals surface area (Å²) in [6.45, 7) is 10.7. The van der Waals surface area contributed by atoms with Crippen LogP contribution < -0.4 is 14.8 Å². The minimum Gasteiger partial charge on any atom is -0.493 e. The molecule has 0 saturated heterocycles. The second kappa shape index (κ2) is 8.15. The fraction of sp³-hybridized carbons (Fsp3) is 0.647. The highest BCUT2D eigenvalue weighted by molar-refractivity contribution is 5.39. The number of para-hydroxylation sites is 2. The van der Waals surface area contributed by atoms with Gasteiger partial charge in [-0.25, -0.2) is 0 Å². The molecule has 114 valence electrons. The zero-order valence-electron chi connectivity index (χ0n) is 13.5. The van der Waals surface area contributed by atoms with Gasteiger partial charge >= 0.3 is 0 Å². The molecular formula is C17H29NO2. The van der Waals surface area contributed by atoms with Crippen LogP contribution >= 0.6 is 0 Å². The van der Waals surface area contributed by atoms with Gasteiger partial charge in [0.1, 0.15) is 0 Å². The second-order valence-electron chi connectivity index (χ2n) is 6.12. The summed E-state index contributed by atoms with van der Waals surface area (Å²) >= 11 is 0. The maximum Gasteiger partial charge on any atom is 0.161 e. The monoisotopic (exact) mass is 279 g/mol. The molecule has 0 bridgehead atoms. The van der Waals surface area contributed by atoms with E-state index in [-0.39, 0.29) is 5.41 Å². The standard InChI is InChI=1S/C17H29NO2/c1-6-18-16(17(2,3)4)12-9-13-20-15-11-8-7-10-14(15)19-5/h7-8,10-11,16,18H,6,9,12-13H2,1-5H3. The zero-order valence-corrected chi connectivity index (χ0v) is 13.5. The van der Waals surface area contributed by atoms with Crippen LogP contribution in [0.2, 0.25) is 0 Å². The molecule has 1 rings (SSSR count). The third-order valence-electron chi connectivity index (χ3n) is 3.46. The van der Waals surface area contributed by atoms with Crippen molar-refractivity contribution in [1.29, 1.82) is 0 Å². The van der Waals surface area contributed by atoms with E-state index < -0.39 is 0 Å². The van der Waals surface area contributed by atoms with E-state index in [0.29, 0.717) is 6.04 Å². The fourth-order valence-electron chi connectivity index (χ4n) is 2.30. The predicted octanol–water partition coefficient (Wildman–Crippen LogP) is 3.88. The molecule has 3 nitrogen and oxygen atoms in total. The molecular weight excluding hydrogens is 250 g/mol. The van der Waals surface area contributed by atoms with Gasteiger partial charge in [0, 0.05) is 6.04 Å². The maximum absolute atomic E-state index is 5.82. The van der Waals surface area contributed by atoms with Crippen LogP contribution in [0.15, 0.2) is 24.3 Å². The average molecular weight is 279 g/mol. The number of ether oxygens (including phenoxy) is 2. The Hall–Kier alpha value is -1.22. The fourth-order valence-corrected chi connectivity index (χ4v) is 2.30. The van der Waals surface area contributed by atoms with Crippen molar-refractivity contribution >= 4 is 0 Å². The molecule has 0 aromatic heterocycles. The largest absolute Gasteiger partial charge is 0.493 e. The van der Waals surface area contributed by atoms with Crippen molar-refractivity contribution < 1.29 is 9.47 Å². The van der Waals surface area contributed by atoms with Crippen molar-refractivity contribution in [2.75, 3.05) is 20.3 Å². The van der Waals surface area contributed by atoms with E-state index in [9.17, 15) is 0 Å². The molecule has 0 fully saturated rings. The highest BCUT2D eigenvalue weighted by Gasteiger charge is 2.22. The third-order valence-corrected chi connectivity index (χ3v) is 3.46. The lowest BCUT2D eigenvalue weighted by molar-refractivity contribution is 0.227. The highest BCUT2D eigenvalue weighted by atomic mass is 16.5. The van der Waals surface area contributed by atoms with Crippen LogP contribution in [-0.2, 0) is 0 Å². The quantitative estimate of drug-likeness (QED) is 0.733. The highest BCUT2D eigenvalue weighted by Crippen LogP contribution is 2.27. The third kappa shape index (κ3) is 5.41. The van der Waals surface area contributed by atoms with Crippen LogP contribution in [0.4, 0.5) is 0 Å². The van der Waals surface area contributed by atoms with Gasteiger partial charge in [-0.3, -0.25) is 0 Å². The van der Waals surface area contributed by atoms with E-state index in [1.807, 2.05) is 24.3 Å². The van der Waals surface area contributed by atoms with Crippen molar-refractivity contribution in [2.24, 2.45) is 5.41 Å². The van der Waals surface area contributed by atoms with E-state index >= 15 is 0 Å². The Morgan fingerprint density at radius 3 is 2.35 bits per heavy atom. The summed E-state index contributed by atoms with van der Waals surface area (Å²) in [7, 11) is 1.67. The minimum absolute atomic E-state index is 0.278. The average Bonchev–Trinajstić information content (AvgIpc) is 2.41. The van der Waals surface area contributed by atoms with Crippen molar-refractivity contribution in [2.45, 2.75) is 46.6 Å². The first-order valence-corrected chi connectivity index (χ1v) is 7.48. The molecule has 3 heteroatoms. The summed E-state index contributed by atoms with van der Waals surface area (Å²) in [6.07, 6.45) is 2.15. The van der Waals surface area contributed by atoms with Gasteiger partial charge in [0.25, 0.3) is 0 Å². The zero-order chi connectivity index (χ0) is 15.0. The Morgan fingerprint density at radius 1 is 1.15 bits per heavy atom. The number of nitrogens with one attached hydrogen (secondary N) is 1. The van der Waals surface area contributed by atoms with Crippen LogP contribution in [0, 0.1) is 5.41 Å². The van der Waals surface area contributed by atoms with Gasteiger partial charge in [0.2, 0.25) is 0 Å². The number of hydrogen-bond donors (Lipinski definition) is 1. The van der Waals surface area contributed by atoms with E-state index in [1.165, 1.54) is 0 Å². The van der Waals surface area contributed by atoms with Gasteiger partial charge in [-0.1, -0.05) is 39.8 Å². The van der Waals surface area contributed by atoms with E-state index in [0.717, 1.165) is 37.5 Å². The molecule has 20 heavy (non-hydrogen) atoms. The lowest BCUT2D eigenvalue weighted by Crippen LogP contribution is -2.40. The first-order chi connectivity index (χ1) is 9.49. The normalized spacial score (nSPS) is 13.1. The summed E-state index contributed by atoms with van der Waals surface area (Å²) in [4.78, 5) is 0. The smallest absolute Gasteiger partial charge is 0.161 e. The predicted molar refractivity (Wildman–Crippen MR) is 84.6 cm³/mol. The van der Waals surface area contributed by atoms with E-state index in [2.05, 4.69) is 33.0 Å². The maximum atomic E-state index is 5.82. The molecule has 1 unspecified atom stereocenters. The topological polar surface area (TPSA) is 30.5 Å². The Balaban J connectivity index is 2.40. The van der Waals surface area contributed by atoms with Gasteiger partial charge in [-0.05, 0) is 36.9 Å². The Kier molecular flexibility index (Phi) is 6.86. The molecule has 0 aliphatic rings. The first-order valence-electron chi connectivity index (χ1n) is 7.48. The van der Waals surface area contributed by atoms with Crippen LogP contribution in [0.5, 0.6) is 11.5 Å². The van der Waals surface area contributed by atoms with Crippen LogP contribution in [0.25, 0.3) is 0 Å². The van der Waals surface area contributed by atoms with Crippen LogP contribution in [0.1, 0.15) is 40.5 Å². The number of hydrogen-bond acceptors (Lipinski definition) is 3. The number of rotatable bonds is 8. The van der Waals surface area contributed by atoms with Gasteiger partial charge in [-0.2, -0.15) is 0 Å². The van der Waals surface area contributed by atoms with Crippen LogP contribution in [-0.4, -0.2) is 26.3 Å². The molecule has 1 atom stereocenters. The van der Waals surface area contributed by atoms with E-state index in [4.69, 9.17) is 9.47 Å². The summed E-state index contributed by atoms with van der Waals surface area (Å²) in [5.74, 6) is 1.62. The first kappa shape index (κ1) is 16.8. The molecule has 1 aromatic carbocycles. The minimum atomic E-state index is 0.278. The van der Waals surface area contributed by atoms with Gasteiger partial charge < -0.3 is 14.8 Å². The lowest BCUT2D eigenvalue weighted by atomic mass is 9.84. The Bertz CT molecular complexity index is 385.